The first-order valence-corrected chi connectivity index (χ1v) is 7.61. The van der Waals surface area contributed by atoms with Crippen molar-refractivity contribution in [3.63, 3.8) is 0 Å². The van der Waals surface area contributed by atoms with Crippen LogP contribution in [-0.2, 0) is 6.54 Å². The van der Waals surface area contributed by atoms with Gasteiger partial charge in [-0.1, -0.05) is 30.3 Å². The maximum absolute atomic E-state index is 12.0. The summed E-state index contributed by atoms with van der Waals surface area (Å²) in [6, 6.07) is 15.2. The Hall–Kier alpha value is -3.41. The molecule has 3 N–H and O–H groups in total. The Morgan fingerprint density at radius 3 is 2.83 bits per heavy atom. The van der Waals surface area contributed by atoms with E-state index in [0.29, 0.717) is 18.2 Å². The number of hydrogen-bond acceptors (Lipinski definition) is 4. The number of anilines is 1. The fourth-order valence-corrected chi connectivity index (χ4v) is 2.63. The molecule has 0 spiro atoms. The molecule has 0 aliphatic heterocycles. The van der Waals surface area contributed by atoms with E-state index in [2.05, 4.69) is 25.3 Å². The number of rotatable bonds is 4. The largest absolute Gasteiger partial charge is 0.352 e. The standard InChI is InChI=1S/C18H15N5O/c24-16-9-15(14-11-20-17-13(14)7-4-8-19-17)22-18(23-16)21-10-12-5-2-1-3-6-12/h1-9,11H,10H2,(H,19,20)(H2,21,22,23,24). The highest BCUT2D eigenvalue weighted by Gasteiger charge is 2.10. The van der Waals surface area contributed by atoms with Gasteiger partial charge in [0.2, 0.25) is 5.95 Å². The van der Waals surface area contributed by atoms with Crippen LogP contribution in [0.15, 0.2) is 65.7 Å². The molecule has 6 heteroatoms. The lowest BCUT2D eigenvalue weighted by molar-refractivity contribution is 1.04. The van der Waals surface area contributed by atoms with E-state index in [0.717, 1.165) is 22.2 Å². The summed E-state index contributed by atoms with van der Waals surface area (Å²) in [5.41, 5.74) is 3.14. The van der Waals surface area contributed by atoms with Gasteiger partial charge in [0.05, 0.1) is 5.69 Å². The van der Waals surface area contributed by atoms with E-state index >= 15 is 0 Å². The second-order valence-electron chi connectivity index (χ2n) is 5.42. The molecule has 4 aromatic rings. The number of benzene rings is 1. The zero-order valence-electron chi connectivity index (χ0n) is 12.8. The number of nitrogens with one attached hydrogen (secondary N) is 3. The van der Waals surface area contributed by atoms with Crippen molar-refractivity contribution >= 4 is 17.0 Å². The maximum atomic E-state index is 12.0. The summed E-state index contributed by atoms with van der Waals surface area (Å²) in [6.45, 7) is 0.586. The van der Waals surface area contributed by atoms with Crippen LogP contribution in [0, 0.1) is 0 Å². The molecule has 0 aliphatic rings. The lowest BCUT2D eigenvalue weighted by Gasteiger charge is -2.07. The molecule has 118 valence electrons. The van der Waals surface area contributed by atoms with Gasteiger partial charge in [-0.15, -0.1) is 0 Å². The number of hydrogen-bond donors (Lipinski definition) is 3. The maximum Gasteiger partial charge on any atom is 0.252 e. The summed E-state index contributed by atoms with van der Waals surface area (Å²) >= 11 is 0. The highest BCUT2D eigenvalue weighted by Crippen LogP contribution is 2.25. The summed E-state index contributed by atoms with van der Waals surface area (Å²) in [7, 11) is 0. The molecule has 0 saturated heterocycles. The van der Waals surface area contributed by atoms with Crippen LogP contribution in [0.5, 0.6) is 0 Å². The van der Waals surface area contributed by atoms with Crippen molar-refractivity contribution in [3.05, 3.63) is 76.8 Å². The Balaban J connectivity index is 1.67. The van der Waals surface area contributed by atoms with Crippen LogP contribution in [0.3, 0.4) is 0 Å². The van der Waals surface area contributed by atoms with Gasteiger partial charge in [0.1, 0.15) is 5.65 Å². The minimum absolute atomic E-state index is 0.200. The SMILES string of the molecule is O=c1cc(-c2c[nH]c3ncccc23)nc(NCc2ccccc2)[nH]1. The molecule has 0 aliphatic carbocycles. The Kier molecular flexibility index (Phi) is 3.55. The van der Waals surface area contributed by atoms with Gasteiger partial charge in [-0.2, -0.15) is 0 Å². The van der Waals surface area contributed by atoms with E-state index in [1.54, 1.807) is 6.20 Å². The normalized spacial score (nSPS) is 10.8. The summed E-state index contributed by atoms with van der Waals surface area (Å²) in [5.74, 6) is 0.444. The number of H-pyrrole nitrogens is 2. The number of pyridine rings is 1. The number of fused-ring (bicyclic) bond motifs is 1. The van der Waals surface area contributed by atoms with Crippen LogP contribution in [0.25, 0.3) is 22.3 Å². The average molecular weight is 317 g/mol. The predicted octanol–water partition coefficient (Wildman–Crippen LogP) is 2.93. The molecule has 3 aromatic heterocycles. The Bertz CT molecular complexity index is 1040. The molecular formula is C18H15N5O. The van der Waals surface area contributed by atoms with E-state index in [1.165, 1.54) is 6.07 Å². The van der Waals surface area contributed by atoms with E-state index in [-0.39, 0.29) is 5.56 Å². The first-order valence-electron chi connectivity index (χ1n) is 7.61. The fraction of sp³-hybridized carbons (Fsp3) is 0.0556. The number of aromatic amines is 2. The molecule has 0 amide bonds. The summed E-state index contributed by atoms with van der Waals surface area (Å²) in [6.07, 6.45) is 3.54. The fourth-order valence-electron chi connectivity index (χ4n) is 2.63. The highest BCUT2D eigenvalue weighted by molar-refractivity contribution is 5.92. The van der Waals surface area contributed by atoms with Crippen LogP contribution in [0.4, 0.5) is 5.95 Å². The molecule has 24 heavy (non-hydrogen) atoms. The first-order chi connectivity index (χ1) is 11.8. The number of aromatic nitrogens is 4. The second-order valence-corrected chi connectivity index (χ2v) is 5.42. The second kappa shape index (κ2) is 6.00. The van der Waals surface area contributed by atoms with Crippen molar-refractivity contribution in [3.8, 4) is 11.3 Å². The minimum atomic E-state index is -0.200. The van der Waals surface area contributed by atoms with E-state index in [9.17, 15) is 4.79 Å². The Labute approximate surface area is 137 Å². The van der Waals surface area contributed by atoms with Crippen molar-refractivity contribution in [1.82, 2.24) is 19.9 Å². The number of nitrogens with zero attached hydrogens (tertiary/aromatic N) is 2. The van der Waals surface area contributed by atoms with Gasteiger partial charge in [-0.3, -0.25) is 9.78 Å². The quantitative estimate of drug-likeness (QED) is 0.540. The topological polar surface area (TPSA) is 86.5 Å². The van der Waals surface area contributed by atoms with E-state index in [4.69, 9.17) is 0 Å². The van der Waals surface area contributed by atoms with Gasteiger partial charge in [-0.05, 0) is 17.7 Å². The third-order valence-electron chi connectivity index (χ3n) is 3.77. The summed E-state index contributed by atoms with van der Waals surface area (Å²) in [5, 5.41) is 4.09. The van der Waals surface area contributed by atoms with E-state index < -0.39 is 0 Å². The van der Waals surface area contributed by atoms with Gasteiger partial charge >= 0.3 is 0 Å². The minimum Gasteiger partial charge on any atom is -0.352 e. The Morgan fingerprint density at radius 2 is 1.96 bits per heavy atom. The lowest BCUT2D eigenvalue weighted by Crippen LogP contribution is -2.12. The molecule has 6 nitrogen and oxygen atoms in total. The molecule has 0 unspecified atom stereocenters. The predicted molar refractivity (Wildman–Crippen MR) is 93.7 cm³/mol. The van der Waals surface area contributed by atoms with Gasteiger partial charge in [0.15, 0.2) is 0 Å². The van der Waals surface area contributed by atoms with Crippen molar-refractivity contribution in [1.29, 1.82) is 0 Å². The zero-order valence-corrected chi connectivity index (χ0v) is 12.8. The van der Waals surface area contributed by atoms with Crippen LogP contribution in [0.1, 0.15) is 5.56 Å². The molecule has 4 rings (SSSR count). The van der Waals surface area contributed by atoms with E-state index in [1.807, 2.05) is 48.7 Å². The van der Waals surface area contributed by atoms with Crippen LogP contribution >= 0.6 is 0 Å². The van der Waals surface area contributed by atoms with Gasteiger partial charge in [0, 0.05) is 36.0 Å². The molecule has 3 heterocycles. The van der Waals surface area contributed by atoms with Gasteiger partial charge in [0.25, 0.3) is 5.56 Å². The Morgan fingerprint density at radius 1 is 1.08 bits per heavy atom. The van der Waals surface area contributed by atoms with Crippen molar-refractivity contribution < 1.29 is 0 Å². The smallest absolute Gasteiger partial charge is 0.252 e. The van der Waals surface area contributed by atoms with Crippen LogP contribution in [0.2, 0.25) is 0 Å². The third kappa shape index (κ3) is 2.77. The molecule has 0 saturated carbocycles. The summed E-state index contributed by atoms with van der Waals surface area (Å²) in [4.78, 5) is 26.6. The first kappa shape index (κ1) is 14.2. The third-order valence-corrected chi connectivity index (χ3v) is 3.77. The average Bonchev–Trinajstić information content (AvgIpc) is 3.05. The molecule has 0 fully saturated rings. The van der Waals surface area contributed by atoms with Crippen molar-refractivity contribution in [2.75, 3.05) is 5.32 Å². The molecule has 0 radical (unpaired) electrons. The lowest BCUT2D eigenvalue weighted by atomic mass is 10.1. The zero-order chi connectivity index (χ0) is 16.4. The molecule has 0 atom stereocenters. The van der Waals surface area contributed by atoms with Gasteiger partial charge < -0.3 is 10.3 Å². The molecule has 0 bridgehead atoms. The van der Waals surface area contributed by atoms with Crippen LogP contribution in [-0.4, -0.2) is 19.9 Å². The molecule has 1 aromatic carbocycles. The summed E-state index contributed by atoms with van der Waals surface area (Å²) < 4.78 is 0. The molecular weight excluding hydrogens is 302 g/mol. The van der Waals surface area contributed by atoms with Crippen molar-refractivity contribution in [2.45, 2.75) is 6.54 Å². The monoisotopic (exact) mass is 317 g/mol. The van der Waals surface area contributed by atoms with Crippen LogP contribution < -0.4 is 10.9 Å². The highest BCUT2D eigenvalue weighted by atomic mass is 16.1. The van der Waals surface area contributed by atoms with Gasteiger partial charge in [-0.25, -0.2) is 9.97 Å². The van der Waals surface area contributed by atoms with Crippen molar-refractivity contribution in [2.24, 2.45) is 0 Å².